The van der Waals surface area contributed by atoms with Gasteiger partial charge in [0.2, 0.25) is 5.91 Å². The SMILES string of the molecule is Cc1ccc(NC(=O)[C@H]2C[C@@H]2c2ccccn2)cc1-c1cccnn1. The number of carbonyl (C=O) groups is 1. The Labute approximate surface area is 146 Å². The van der Waals surface area contributed by atoms with Crippen molar-refractivity contribution >= 4 is 11.6 Å². The van der Waals surface area contributed by atoms with Crippen LogP contribution in [0.3, 0.4) is 0 Å². The zero-order chi connectivity index (χ0) is 17.2. The predicted octanol–water partition coefficient (Wildman–Crippen LogP) is 3.59. The topological polar surface area (TPSA) is 67.8 Å². The van der Waals surface area contributed by atoms with Crippen molar-refractivity contribution in [2.45, 2.75) is 19.3 Å². The highest BCUT2D eigenvalue weighted by Crippen LogP contribution is 2.47. The van der Waals surface area contributed by atoms with E-state index in [1.165, 1.54) is 0 Å². The number of hydrogen-bond acceptors (Lipinski definition) is 4. The molecule has 0 bridgehead atoms. The molecule has 0 aliphatic heterocycles. The molecule has 5 nitrogen and oxygen atoms in total. The fourth-order valence-corrected chi connectivity index (χ4v) is 3.06. The first-order valence-corrected chi connectivity index (χ1v) is 8.33. The molecule has 1 fully saturated rings. The second kappa shape index (κ2) is 6.43. The molecule has 0 radical (unpaired) electrons. The molecule has 1 N–H and O–H groups in total. The molecular weight excluding hydrogens is 312 g/mol. The molecule has 3 aromatic rings. The van der Waals surface area contributed by atoms with Crippen LogP contribution >= 0.6 is 0 Å². The summed E-state index contributed by atoms with van der Waals surface area (Å²) < 4.78 is 0. The van der Waals surface area contributed by atoms with Crippen molar-refractivity contribution in [2.75, 3.05) is 5.32 Å². The van der Waals surface area contributed by atoms with E-state index >= 15 is 0 Å². The third kappa shape index (κ3) is 3.26. The zero-order valence-electron chi connectivity index (χ0n) is 13.9. The fraction of sp³-hybridized carbons (Fsp3) is 0.200. The molecule has 2 heterocycles. The van der Waals surface area contributed by atoms with Crippen molar-refractivity contribution in [3.63, 3.8) is 0 Å². The van der Waals surface area contributed by atoms with Gasteiger partial charge in [-0.1, -0.05) is 12.1 Å². The third-order valence-electron chi connectivity index (χ3n) is 4.55. The molecule has 5 heteroatoms. The van der Waals surface area contributed by atoms with Crippen molar-refractivity contribution in [3.8, 4) is 11.3 Å². The van der Waals surface area contributed by atoms with Crippen LogP contribution in [0.4, 0.5) is 5.69 Å². The van der Waals surface area contributed by atoms with Crippen LogP contribution in [0.25, 0.3) is 11.3 Å². The van der Waals surface area contributed by atoms with Crippen LogP contribution in [-0.2, 0) is 4.79 Å². The van der Waals surface area contributed by atoms with Gasteiger partial charge in [0.1, 0.15) is 0 Å². The van der Waals surface area contributed by atoms with E-state index in [-0.39, 0.29) is 17.7 Å². The third-order valence-corrected chi connectivity index (χ3v) is 4.55. The summed E-state index contributed by atoms with van der Waals surface area (Å²) in [5.74, 6) is 0.270. The molecule has 0 unspecified atom stereocenters. The van der Waals surface area contributed by atoms with Crippen molar-refractivity contribution in [1.29, 1.82) is 0 Å². The summed E-state index contributed by atoms with van der Waals surface area (Å²) in [7, 11) is 0. The first kappa shape index (κ1) is 15.4. The maximum Gasteiger partial charge on any atom is 0.228 e. The molecule has 2 aromatic heterocycles. The van der Waals surface area contributed by atoms with E-state index < -0.39 is 0 Å². The number of rotatable bonds is 4. The summed E-state index contributed by atoms with van der Waals surface area (Å²) in [4.78, 5) is 16.9. The van der Waals surface area contributed by atoms with Crippen molar-refractivity contribution in [3.05, 3.63) is 72.2 Å². The number of hydrogen-bond donors (Lipinski definition) is 1. The number of anilines is 1. The van der Waals surface area contributed by atoms with Gasteiger partial charge in [0.25, 0.3) is 0 Å². The fourth-order valence-electron chi connectivity index (χ4n) is 3.06. The van der Waals surface area contributed by atoms with Crippen LogP contribution in [-0.4, -0.2) is 21.1 Å². The molecule has 0 spiro atoms. The molecule has 2 atom stereocenters. The first-order valence-electron chi connectivity index (χ1n) is 8.33. The number of amides is 1. The minimum Gasteiger partial charge on any atom is -0.326 e. The molecule has 4 rings (SSSR count). The van der Waals surface area contributed by atoms with Crippen molar-refractivity contribution in [1.82, 2.24) is 15.2 Å². The highest BCUT2D eigenvalue weighted by atomic mass is 16.2. The lowest BCUT2D eigenvalue weighted by Gasteiger charge is -2.09. The quantitative estimate of drug-likeness (QED) is 0.794. The largest absolute Gasteiger partial charge is 0.326 e. The Morgan fingerprint density at radius 3 is 2.80 bits per heavy atom. The highest BCUT2D eigenvalue weighted by Gasteiger charge is 2.44. The number of nitrogens with zero attached hydrogens (tertiary/aromatic N) is 3. The monoisotopic (exact) mass is 330 g/mol. The Bertz CT molecular complexity index is 896. The Hall–Kier alpha value is -3.08. The van der Waals surface area contributed by atoms with Gasteiger partial charge < -0.3 is 5.32 Å². The summed E-state index contributed by atoms with van der Waals surface area (Å²) in [6.07, 6.45) is 4.27. The van der Waals surface area contributed by atoms with Crippen LogP contribution < -0.4 is 5.32 Å². The number of aryl methyl sites for hydroxylation is 1. The number of nitrogens with one attached hydrogen (secondary N) is 1. The number of pyridine rings is 1. The molecule has 124 valence electrons. The first-order chi connectivity index (χ1) is 12.2. The molecule has 1 aromatic carbocycles. The molecule has 1 saturated carbocycles. The Morgan fingerprint density at radius 1 is 1.12 bits per heavy atom. The van der Waals surface area contributed by atoms with E-state index in [4.69, 9.17) is 0 Å². The molecule has 1 aliphatic carbocycles. The lowest BCUT2D eigenvalue weighted by Crippen LogP contribution is -2.14. The van der Waals surface area contributed by atoms with Gasteiger partial charge in [-0.25, -0.2) is 0 Å². The maximum absolute atomic E-state index is 12.5. The minimum atomic E-state index is -0.00355. The van der Waals surface area contributed by atoms with Crippen LogP contribution in [0.5, 0.6) is 0 Å². The summed E-state index contributed by atoms with van der Waals surface area (Å²) in [5, 5.41) is 11.1. The van der Waals surface area contributed by atoms with Gasteiger partial charge in [0, 0.05) is 41.2 Å². The van der Waals surface area contributed by atoms with Crippen molar-refractivity contribution < 1.29 is 4.79 Å². The molecule has 1 aliphatic rings. The van der Waals surface area contributed by atoms with E-state index in [1.54, 1.807) is 12.4 Å². The number of aromatic nitrogens is 3. The number of benzene rings is 1. The summed E-state index contributed by atoms with van der Waals surface area (Å²) in [6, 6.07) is 15.5. The average Bonchev–Trinajstić information content (AvgIpc) is 3.46. The number of carbonyl (C=O) groups excluding carboxylic acids is 1. The Kier molecular flexibility index (Phi) is 3.98. The standard InChI is InChI=1S/C20H18N4O/c1-13-7-8-14(11-15(13)19-6-4-10-22-24-19)23-20(25)17-12-16(17)18-5-2-3-9-21-18/h2-11,16-17H,12H2,1H3,(H,23,25)/t16-,17-/m0/s1. The molecule has 1 amide bonds. The zero-order valence-corrected chi connectivity index (χ0v) is 13.9. The van der Waals surface area contributed by atoms with Gasteiger partial charge in [-0.2, -0.15) is 10.2 Å². The normalized spacial score (nSPS) is 18.6. The van der Waals surface area contributed by atoms with Crippen LogP contribution in [0, 0.1) is 12.8 Å². The van der Waals surface area contributed by atoms with Crippen LogP contribution in [0.1, 0.15) is 23.6 Å². The molecule has 25 heavy (non-hydrogen) atoms. The van der Waals surface area contributed by atoms with E-state index in [9.17, 15) is 4.79 Å². The molecule has 0 saturated heterocycles. The summed E-state index contributed by atoms with van der Waals surface area (Å²) in [6.45, 7) is 2.02. The van der Waals surface area contributed by atoms with Crippen LogP contribution in [0.15, 0.2) is 60.9 Å². The lowest BCUT2D eigenvalue weighted by molar-refractivity contribution is -0.117. The van der Waals surface area contributed by atoms with E-state index in [0.29, 0.717) is 0 Å². The Morgan fingerprint density at radius 2 is 2.04 bits per heavy atom. The van der Waals surface area contributed by atoms with Crippen LogP contribution in [0.2, 0.25) is 0 Å². The average molecular weight is 330 g/mol. The van der Waals surface area contributed by atoms with E-state index in [1.807, 2.05) is 55.5 Å². The van der Waals surface area contributed by atoms with Crippen molar-refractivity contribution in [2.24, 2.45) is 5.92 Å². The summed E-state index contributed by atoms with van der Waals surface area (Å²) >= 11 is 0. The van der Waals surface area contributed by atoms with Gasteiger partial charge in [0.15, 0.2) is 0 Å². The maximum atomic E-state index is 12.5. The predicted molar refractivity (Wildman–Crippen MR) is 95.9 cm³/mol. The van der Waals surface area contributed by atoms with Gasteiger partial charge >= 0.3 is 0 Å². The van der Waals surface area contributed by atoms with E-state index in [2.05, 4.69) is 20.5 Å². The van der Waals surface area contributed by atoms with E-state index in [0.717, 1.165) is 34.6 Å². The summed E-state index contributed by atoms with van der Waals surface area (Å²) in [5.41, 5.74) is 4.64. The molecular formula is C20H18N4O. The highest BCUT2D eigenvalue weighted by molar-refractivity contribution is 5.95. The van der Waals surface area contributed by atoms with Gasteiger partial charge in [-0.05, 0) is 55.3 Å². The van der Waals surface area contributed by atoms with Gasteiger partial charge in [-0.3, -0.25) is 9.78 Å². The minimum absolute atomic E-state index is 0.00355. The second-order valence-corrected chi connectivity index (χ2v) is 6.33. The van der Waals surface area contributed by atoms with Gasteiger partial charge in [0.05, 0.1) is 5.69 Å². The Balaban J connectivity index is 1.49. The smallest absolute Gasteiger partial charge is 0.228 e. The lowest BCUT2D eigenvalue weighted by atomic mass is 10.0. The second-order valence-electron chi connectivity index (χ2n) is 6.33. The van der Waals surface area contributed by atoms with Gasteiger partial charge in [-0.15, -0.1) is 0 Å².